The molecular weight excluding hydrogens is 236 g/mol. The quantitative estimate of drug-likeness (QED) is 0.826. The number of hydrogen-bond acceptors (Lipinski definition) is 3. The van der Waals surface area contributed by atoms with Crippen molar-refractivity contribution < 1.29 is 4.74 Å². The van der Waals surface area contributed by atoms with Crippen LogP contribution < -0.4 is 0 Å². The lowest BCUT2D eigenvalue weighted by Crippen LogP contribution is -2.61. The lowest BCUT2D eigenvalue weighted by atomic mass is 10.0. The minimum atomic E-state index is 0.597. The molecule has 0 N–H and O–H groups in total. The van der Waals surface area contributed by atoms with Crippen LogP contribution in [0.4, 0.5) is 0 Å². The fourth-order valence-corrected chi connectivity index (χ4v) is 3.30. The van der Waals surface area contributed by atoms with Crippen molar-refractivity contribution in [3.63, 3.8) is 0 Å². The van der Waals surface area contributed by atoms with Gasteiger partial charge in [-0.2, -0.15) is 0 Å². The van der Waals surface area contributed by atoms with Crippen LogP contribution in [0, 0.1) is 0 Å². The molecule has 0 saturated carbocycles. The predicted molar refractivity (Wildman–Crippen MR) is 77.1 cm³/mol. The summed E-state index contributed by atoms with van der Waals surface area (Å²) in [6.07, 6.45) is 1.23. The number of fused-ring (bicyclic) bond motifs is 1. The summed E-state index contributed by atoms with van der Waals surface area (Å²) in [5.41, 5.74) is 1.42. The van der Waals surface area contributed by atoms with Gasteiger partial charge in [-0.3, -0.25) is 9.80 Å². The minimum Gasteiger partial charge on any atom is -0.378 e. The van der Waals surface area contributed by atoms with Gasteiger partial charge in [0.1, 0.15) is 0 Å². The van der Waals surface area contributed by atoms with Gasteiger partial charge in [0.2, 0.25) is 0 Å². The van der Waals surface area contributed by atoms with E-state index < -0.39 is 0 Å². The Morgan fingerprint density at radius 1 is 1.21 bits per heavy atom. The molecular formula is C16H24N2O. The van der Waals surface area contributed by atoms with Crippen LogP contribution in [-0.4, -0.2) is 54.7 Å². The fourth-order valence-electron chi connectivity index (χ4n) is 3.30. The Kier molecular flexibility index (Phi) is 4.16. The highest BCUT2D eigenvalue weighted by Crippen LogP contribution is 2.22. The summed E-state index contributed by atoms with van der Waals surface area (Å²) in [4.78, 5) is 5.27. The smallest absolute Gasteiger partial charge is 0.0634 e. The van der Waals surface area contributed by atoms with Crippen LogP contribution in [0.3, 0.4) is 0 Å². The molecule has 2 aliphatic rings. The molecule has 0 radical (unpaired) electrons. The Morgan fingerprint density at radius 3 is 2.84 bits per heavy atom. The van der Waals surface area contributed by atoms with Gasteiger partial charge in [-0.05, 0) is 12.0 Å². The maximum absolute atomic E-state index is 5.64. The van der Waals surface area contributed by atoms with Crippen molar-refractivity contribution in [3.05, 3.63) is 35.9 Å². The lowest BCUT2D eigenvalue weighted by Gasteiger charge is -2.48. The third kappa shape index (κ3) is 2.99. The first-order chi connectivity index (χ1) is 9.36. The number of benzene rings is 1. The van der Waals surface area contributed by atoms with Gasteiger partial charge < -0.3 is 4.74 Å². The maximum Gasteiger partial charge on any atom is 0.0634 e. The third-order valence-corrected chi connectivity index (χ3v) is 4.46. The Balaban J connectivity index is 1.68. The molecule has 1 aromatic rings. The van der Waals surface area contributed by atoms with E-state index in [1.165, 1.54) is 18.5 Å². The topological polar surface area (TPSA) is 15.7 Å². The van der Waals surface area contributed by atoms with Crippen LogP contribution in [-0.2, 0) is 11.3 Å². The molecule has 19 heavy (non-hydrogen) atoms. The van der Waals surface area contributed by atoms with Gasteiger partial charge in [-0.1, -0.05) is 37.3 Å². The maximum atomic E-state index is 5.64. The first kappa shape index (κ1) is 13.1. The molecule has 0 aliphatic carbocycles. The van der Waals surface area contributed by atoms with Crippen molar-refractivity contribution in [2.45, 2.75) is 32.0 Å². The second kappa shape index (κ2) is 6.04. The summed E-state index contributed by atoms with van der Waals surface area (Å²) in [5.74, 6) is 0. The minimum absolute atomic E-state index is 0.597. The SMILES string of the molecule is CC[C@@H]1CN2CCOC[C@@H]2CN1Cc1ccccc1. The molecule has 0 aromatic heterocycles. The van der Waals surface area contributed by atoms with E-state index in [1.807, 2.05) is 0 Å². The van der Waals surface area contributed by atoms with Crippen LogP contribution in [0.2, 0.25) is 0 Å². The summed E-state index contributed by atoms with van der Waals surface area (Å²) in [7, 11) is 0. The van der Waals surface area contributed by atoms with Crippen LogP contribution >= 0.6 is 0 Å². The fraction of sp³-hybridized carbons (Fsp3) is 0.625. The second-order valence-corrected chi connectivity index (χ2v) is 5.70. The molecule has 3 nitrogen and oxygen atoms in total. The van der Waals surface area contributed by atoms with Crippen molar-refractivity contribution >= 4 is 0 Å². The van der Waals surface area contributed by atoms with Gasteiger partial charge in [-0.25, -0.2) is 0 Å². The number of hydrogen-bond donors (Lipinski definition) is 0. The van der Waals surface area contributed by atoms with E-state index in [9.17, 15) is 0 Å². The van der Waals surface area contributed by atoms with E-state index in [-0.39, 0.29) is 0 Å². The molecule has 0 amide bonds. The first-order valence-electron chi connectivity index (χ1n) is 7.46. The summed E-state index contributed by atoms with van der Waals surface area (Å²) in [6, 6.07) is 12.1. The third-order valence-electron chi connectivity index (χ3n) is 4.46. The Hall–Kier alpha value is -0.900. The molecule has 2 aliphatic heterocycles. The molecule has 2 saturated heterocycles. The Labute approximate surface area is 116 Å². The monoisotopic (exact) mass is 260 g/mol. The van der Waals surface area contributed by atoms with Crippen molar-refractivity contribution in [3.8, 4) is 0 Å². The van der Waals surface area contributed by atoms with Gasteiger partial charge in [-0.15, -0.1) is 0 Å². The Bertz CT molecular complexity index is 395. The molecule has 2 heterocycles. The average Bonchev–Trinajstić information content (AvgIpc) is 2.47. The van der Waals surface area contributed by atoms with Crippen molar-refractivity contribution in [1.29, 1.82) is 0 Å². The van der Waals surface area contributed by atoms with Gasteiger partial charge >= 0.3 is 0 Å². The van der Waals surface area contributed by atoms with E-state index in [2.05, 4.69) is 47.1 Å². The zero-order valence-corrected chi connectivity index (χ0v) is 11.8. The summed E-state index contributed by atoms with van der Waals surface area (Å²) in [5, 5.41) is 0. The van der Waals surface area contributed by atoms with Crippen molar-refractivity contribution in [1.82, 2.24) is 9.80 Å². The van der Waals surface area contributed by atoms with Crippen molar-refractivity contribution in [2.24, 2.45) is 0 Å². The number of rotatable bonds is 3. The van der Waals surface area contributed by atoms with Crippen LogP contribution in [0.1, 0.15) is 18.9 Å². The van der Waals surface area contributed by atoms with Crippen LogP contribution in [0.25, 0.3) is 0 Å². The zero-order valence-electron chi connectivity index (χ0n) is 11.8. The van der Waals surface area contributed by atoms with Gasteiger partial charge in [0.25, 0.3) is 0 Å². The van der Waals surface area contributed by atoms with Gasteiger partial charge in [0, 0.05) is 38.3 Å². The highest BCUT2D eigenvalue weighted by molar-refractivity contribution is 5.15. The van der Waals surface area contributed by atoms with E-state index >= 15 is 0 Å². The first-order valence-corrected chi connectivity index (χ1v) is 7.46. The van der Waals surface area contributed by atoms with Crippen LogP contribution in [0.5, 0.6) is 0 Å². The molecule has 2 fully saturated rings. The molecule has 3 rings (SSSR count). The molecule has 0 spiro atoms. The van der Waals surface area contributed by atoms with Crippen LogP contribution in [0.15, 0.2) is 30.3 Å². The Morgan fingerprint density at radius 2 is 2.05 bits per heavy atom. The highest BCUT2D eigenvalue weighted by Gasteiger charge is 2.34. The zero-order chi connectivity index (χ0) is 13.1. The molecule has 0 unspecified atom stereocenters. The standard InChI is InChI=1S/C16H24N2O/c1-2-15-11-17-8-9-19-13-16(17)12-18(15)10-14-6-4-3-5-7-14/h3-7,15-16H,2,8-13H2,1H3/t15-,16+/m1/s1. The summed E-state index contributed by atoms with van der Waals surface area (Å²) < 4.78 is 5.64. The average molecular weight is 260 g/mol. The largest absolute Gasteiger partial charge is 0.378 e. The summed E-state index contributed by atoms with van der Waals surface area (Å²) in [6.45, 7) is 8.66. The van der Waals surface area contributed by atoms with Gasteiger partial charge in [0.05, 0.1) is 13.2 Å². The molecule has 3 heteroatoms. The number of ether oxygens (including phenoxy) is 1. The van der Waals surface area contributed by atoms with Gasteiger partial charge in [0.15, 0.2) is 0 Å². The van der Waals surface area contributed by atoms with E-state index in [4.69, 9.17) is 4.74 Å². The lowest BCUT2D eigenvalue weighted by molar-refractivity contribution is -0.0663. The normalized spacial score (nSPS) is 29.1. The number of morpholine rings is 1. The summed E-state index contributed by atoms with van der Waals surface area (Å²) >= 11 is 0. The molecule has 2 atom stereocenters. The number of piperazine rings is 1. The van der Waals surface area contributed by atoms with E-state index in [1.54, 1.807) is 0 Å². The predicted octanol–water partition coefficient (Wildman–Crippen LogP) is 1.98. The molecule has 104 valence electrons. The number of nitrogens with zero attached hydrogens (tertiary/aromatic N) is 2. The second-order valence-electron chi connectivity index (χ2n) is 5.70. The van der Waals surface area contributed by atoms with E-state index in [0.29, 0.717) is 12.1 Å². The highest BCUT2D eigenvalue weighted by atomic mass is 16.5. The molecule has 0 bridgehead atoms. The van der Waals surface area contributed by atoms with E-state index in [0.717, 1.165) is 32.8 Å². The molecule has 1 aromatic carbocycles. The van der Waals surface area contributed by atoms with Crippen molar-refractivity contribution in [2.75, 3.05) is 32.8 Å².